The van der Waals surface area contributed by atoms with Gasteiger partial charge in [0.25, 0.3) is 0 Å². The first kappa shape index (κ1) is 33.4. The van der Waals surface area contributed by atoms with E-state index in [0.717, 1.165) is 11.1 Å². The van der Waals surface area contributed by atoms with Crippen LogP contribution in [0.15, 0.2) is 54.6 Å². The number of aliphatic hydroxyl groups is 2. The molecule has 0 radical (unpaired) electrons. The second-order valence-electron chi connectivity index (χ2n) is 13.2. The number of carbonyl (C=O) groups is 4. The van der Waals surface area contributed by atoms with E-state index in [2.05, 4.69) is 5.32 Å². The van der Waals surface area contributed by atoms with Gasteiger partial charge in [0.15, 0.2) is 23.0 Å². The van der Waals surface area contributed by atoms with Crippen molar-refractivity contribution < 1.29 is 43.6 Å². The number of phenolic OH excluding ortho intramolecular Hbond substituents is 1. The van der Waals surface area contributed by atoms with Gasteiger partial charge >= 0.3 is 0 Å². The number of fused-ring (bicyclic) bond motifs is 3. The number of halogens is 1. The van der Waals surface area contributed by atoms with Crippen molar-refractivity contribution in [3.63, 3.8) is 0 Å². The molecule has 0 bridgehead atoms. The summed E-state index contributed by atoms with van der Waals surface area (Å²) >= 11 is 0. The Balaban J connectivity index is 1.38. The number of ketones is 3. The Morgan fingerprint density at radius 2 is 1.75 bits per heavy atom. The summed E-state index contributed by atoms with van der Waals surface area (Å²) in [4.78, 5) is 55.7. The molecule has 3 aliphatic rings. The number of carbonyl (C=O) groups excluding carboxylic acids is 4. The maximum Gasteiger partial charge on any atom is 0.230 e. The van der Waals surface area contributed by atoms with Crippen molar-refractivity contribution in [2.45, 2.75) is 43.7 Å². The highest BCUT2D eigenvalue weighted by Gasteiger charge is 2.69. The van der Waals surface area contributed by atoms with Gasteiger partial charge in [0.2, 0.25) is 5.91 Å². The van der Waals surface area contributed by atoms with E-state index in [0.29, 0.717) is 35.5 Å². The number of primary amides is 1. The van der Waals surface area contributed by atoms with E-state index in [1.54, 1.807) is 37.2 Å². The van der Waals surface area contributed by atoms with Gasteiger partial charge in [-0.25, -0.2) is 4.39 Å². The minimum atomic E-state index is -2.73. The Morgan fingerprint density at radius 3 is 2.40 bits per heavy atom. The quantitative estimate of drug-likeness (QED) is 0.224. The van der Waals surface area contributed by atoms with Gasteiger partial charge in [-0.2, -0.15) is 0 Å². The van der Waals surface area contributed by atoms with Crippen molar-refractivity contribution in [3.8, 4) is 22.6 Å². The largest absolute Gasteiger partial charge is 0.507 e. The van der Waals surface area contributed by atoms with Crippen LogP contribution in [0.1, 0.15) is 33.5 Å². The molecule has 1 amide bonds. The smallest absolute Gasteiger partial charge is 0.230 e. The fourth-order valence-corrected chi connectivity index (χ4v) is 8.15. The molecule has 3 aromatic carbocycles. The number of aromatic hydroxyl groups is 1. The first-order valence-corrected chi connectivity index (χ1v) is 15.8. The number of aliphatic hydroxyl groups excluding tert-OH is 1. The highest BCUT2D eigenvalue weighted by molar-refractivity contribution is 6.25. The molecule has 3 unspecified atom stereocenters. The number of nitrogens with zero attached hydrogens (tertiary/aromatic N) is 1. The molecule has 2 saturated carbocycles. The van der Waals surface area contributed by atoms with Crippen LogP contribution in [0.2, 0.25) is 0 Å². The average Bonchev–Trinajstić information content (AvgIpc) is 3.02. The summed E-state index contributed by atoms with van der Waals surface area (Å²) in [5, 5.41) is 37.2. The molecule has 2 fully saturated rings. The Labute approximate surface area is 276 Å². The first-order chi connectivity index (χ1) is 22.8. The topological polar surface area (TPSA) is 179 Å². The predicted molar refractivity (Wildman–Crippen MR) is 171 cm³/mol. The maximum absolute atomic E-state index is 14.2. The van der Waals surface area contributed by atoms with Crippen LogP contribution in [0.25, 0.3) is 11.1 Å². The molecular weight excluding hydrogens is 621 g/mol. The van der Waals surface area contributed by atoms with Gasteiger partial charge in [-0.1, -0.05) is 24.3 Å². The van der Waals surface area contributed by atoms with E-state index in [9.17, 15) is 38.9 Å². The van der Waals surface area contributed by atoms with E-state index in [4.69, 9.17) is 10.5 Å². The molecule has 6 rings (SSSR count). The van der Waals surface area contributed by atoms with E-state index in [1.807, 2.05) is 18.2 Å². The molecule has 12 heteroatoms. The monoisotopic (exact) mass is 659 g/mol. The molecule has 48 heavy (non-hydrogen) atoms. The zero-order chi connectivity index (χ0) is 34.7. The number of nitrogens with one attached hydrogen (secondary N) is 1. The number of methoxy groups -OCH3 is 1. The van der Waals surface area contributed by atoms with Crippen LogP contribution >= 0.6 is 0 Å². The molecule has 7 atom stereocenters. The van der Waals surface area contributed by atoms with Crippen molar-refractivity contribution in [2.24, 2.45) is 29.4 Å². The molecular formula is C36H38FN3O8. The SMILES string of the molecule is COc1ccc(CNCc2cccc(F)c2)cc1-c1ccc(O)c2c1C[C@@H]1C[C@@H]3[C@@H](N(C)C)C(O)C(C(N)=O)C(=O)[C@]3(O)C(=O)C1C2=O. The van der Waals surface area contributed by atoms with E-state index >= 15 is 0 Å². The zero-order valence-electron chi connectivity index (χ0n) is 26.8. The molecule has 3 aliphatic carbocycles. The van der Waals surface area contributed by atoms with Crippen molar-refractivity contribution in [1.82, 2.24) is 10.2 Å². The first-order valence-electron chi connectivity index (χ1n) is 15.8. The average molecular weight is 660 g/mol. The Hall–Kier alpha value is -4.49. The van der Waals surface area contributed by atoms with Crippen molar-refractivity contribution in [1.29, 1.82) is 0 Å². The number of hydrogen-bond acceptors (Lipinski definition) is 10. The third-order valence-electron chi connectivity index (χ3n) is 10.3. The maximum atomic E-state index is 14.2. The fourth-order valence-electron chi connectivity index (χ4n) is 8.15. The van der Waals surface area contributed by atoms with Crippen LogP contribution in [0, 0.1) is 29.5 Å². The minimum absolute atomic E-state index is 0.00544. The van der Waals surface area contributed by atoms with Crippen LogP contribution in [0.4, 0.5) is 4.39 Å². The summed E-state index contributed by atoms with van der Waals surface area (Å²) in [6.45, 7) is 0.860. The molecule has 252 valence electrons. The van der Waals surface area contributed by atoms with E-state index in [-0.39, 0.29) is 30.0 Å². The summed E-state index contributed by atoms with van der Waals surface area (Å²) < 4.78 is 19.3. The molecule has 0 saturated heterocycles. The summed E-state index contributed by atoms with van der Waals surface area (Å²) in [5.41, 5.74) is 6.03. The van der Waals surface area contributed by atoms with Crippen LogP contribution in [0.3, 0.4) is 0 Å². The zero-order valence-corrected chi connectivity index (χ0v) is 26.8. The lowest BCUT2D eigenvalue weighted by atomic mass is 9.52. The second kappa shape index (κ2) is 12.5. The van der Waals surface area contributed by atoms with Crippen molar-refractivity contribution >= 4 is 23.3 Å². The second-order valence-corrected chi connectivity index (χ2v) is 13.2. The third-order valence-corrected chi connectivity index (χ3v) is 10.3. The Bertz CT molecular complexity index is 1830. The number of benzene rings is 3. The molecule has 0 aliphatic heterocycles. The number of hydrogen-bond donors (Lipinski definition) is 5. The lowest BCUT2D eigenvalue weighted by Crippen LogP contribution is -2.75. The third kappa shape index (κ3) is 5.29. The summed E-state index contributed by atoms with van der Waals surface area (Å²) in [7, 11) is 4.71. The number of nitrogens with two attached hydrogens (primary N) is 1. The molecule has 6 N–H and O–H groups in total. The highest BCUT2D eigenvalue weighted by Crippen LogP contribution is 2.52. The van der Waals surface area contributed by atoms with Gasteiger partial charge in [0.1, 0.15) is 23.2 Å². The van der Waals surface area contributed by atoms with Crippen LogP contribution < -0.4 is 15.8 Å². The summed E-state index contributed by atoms with van der Waals surface area (Å²) in [5.74, 6) is -9.45. The van der Waals surface area contributed by atoms with Crippen LogP contribution in [-0.2, 0) is 33.9 Å². The number of phenols is 1. The van der Waals surface area contributed by atoms with Gasteiger partial charge < -0.3 is 36.0 Å². The number of ether oxygens (including phenoxy) is 1. The fraction of sp³-hybridized carbons (Fsp3) is 0.389. The number of amides is 1. The molecule has 3 aromatic rings. The summed E-state index contributed by atoms with van der Waals surface area (Å²) in [6, 6.07) is 13.9. The summed E-state index contributed by atoms with van der Waals surface area (Å²) in [6.07, 6.45) is -1.43. The van der Waals surface area contributed by atoms with Gasteiger partial charge in [0.05, 0.1) is 24.7 Å². The predicted octanol–water partition coefficient (Wildman–Crippen LogP) is 1.76. The number of likely N-dealkylation sites (N-methyl/N-ethyl adjacent to an activating group) is 1. The van der Waals surface area contributed by atoms with E-state index < -0.39 is 64.7 Å². The Kier molecular flexibility index (Phi) is 8.71. The number of rotatable bonds is 8. The van der Waals surface area contributed by atoms with Crippen molar-refractivity contribution in [2.75, 3.05) is 21.2 Å². The molecule has 0 aromatic heterocycles. The Morgan fingerprint density at radius 1 is 1.04 bits per heavy atom. The van der Waals surface area contributed by atoms with Crippen molar-refractivity contribution in [3.05, 3.63) is 82.7 Å². The van der Waals surface area contributed by atoms with E-state index in [1.165, 1.54) is 25.3 Å². The molecule has 0 heterocycles. The minimum Gasteiger partial charge on any atom is -0.507 e. The van der Waals surface area contributed by atoms with Crippen LogP contribution in [0.5, 0.6) is 11.5 Å². The standard InChI is InChI=1S/C36H38FN3O8/c1-40(2)30-24-14-19-13-23-21(22-12-18(7-10-26(22)48-3)16-39-15-17-5-4-6-20(37)11-17)8-9-25(41)28(23)31(42)27(19)33(44)36(24,47)34(45)29(32(30)43)35(38)46/h4-12,19,24,27,29-30,32,39,41,43,47H,13-16H2,1-3H3,(H2,38,46)/t19-,24-,27?,29?,30-,32?,36-/m1/s1. The lowest BCUT2D eigenvalue weighted by Gasteiger charge is -2.54. The highest BCUT2D eigenvalue weighted by atomic mass is 19.1. The molecule has 0 spiro atoms. The van der Waals surface area contributed by atoms with Gasteiger partial charge in [0, 0.05) is 30.6 Å². The van der Waals surface area contributed by atoms with Crippen LogP contribution in [-0.4, -0.2) is 82.4 Å². The van der Waals surface area contributed by atoms with Gasteiger partial charge in [-0.05, 0) is 85.4 Å². The van der Waals surface area contributed by atoms with Gasteiger partial charge in [-0.15, -0.1) is 0 Å². The lowest BCUT2D eigenvalue weighted by molar-refractivity contribution is -0.190. The normalized spacial score (nSPS) is 28.1. The molecule has 11 nitrogen and oxygen atoms in total. The number of Topliss-reactive ketones (excluding diaryl/α,β-unsaturated/α-hetero) is 3. The van der Waals surface area contributed by atoms with Gasteiger partial charge in [-0.3, -0.25) is 19.2 Å².